The second-order valence-electron chi connectivity index (χ2n) is 6.41. The first kappa shape index (κ1) is 20.8. The first-order valence-corrected chi connectivity index (χ1v) is 8.52. The van der Waals surface area contributed by atoms with E-state index in [1.165, 1.54) is 4.90 Å². The Morgan fingerprint density at radius 3 is 2.31 bits per heavy atom. The third-order valence-corrected chi connectivity index (χ3v) is 4.37. The minimum absolute atomic E-state index is 0.0963. The lowest BCUT2D eigenvalue weighted by Crippen LogP contribution is -2.68. The molecule has 0 radical (unpaired) electrons. The van der Waals surface area contributed by atoms with E-state index < -0.39 is 17.3 Å². The van der Waals surface area contributed by atoms with Gasteiger partial charge in [0.1, 0.15) is 13.2 Å². The molecule has 3 aliphatic heterocycles. The molecule has 3 aliphatic rings. The Morgan fingerprint density at radius 2 is 1.69 bits per heavy atom. The largest absolute Gasteiger partial charge is 0.462 e. The number of esters is 1. The van der Waals surface area contributed by atoms with Crippen molar-refractivity contribution >= 4 is 11.9 Å². The summed E-state index contributed by atoms with van der Waals surface area (Å²) in [7, 11) is 1.61. The van der Waals surface area contributed by atoms with Crippen LogP contribution in [0.3, 0.4) is 0 Å². The molecule has 3 rings (SSSR count). The Labute approximate surface area is 153 Å². The predicted octanol–water partition coefficient (Wildman–Crippen LogP) is 0.434. The minimum atomic E-state index is -1.21. The monoisotopic (exact) mass is 373 g/mol. The van der Waals surface area contributed by atoms with Crippen LogP contribution in [-0.2, 0) is 38.3 Å². The molecule has 0 aromatic rings. The van der Waals surface area contributed by atoms with Crippen LogP contribution >= 0.6 is 0 Å². The average molecular weight is 373 g/mol. The lowest BCUT2D eigenvalue weighted by Gasteiger charge is -2.52. The smallest absolute Gasteiger partial charge is 0.325 e. The number of amides is 1. The van der Waals surface area contributed by atoms with Crippen LogP contribution in [0, 0.1) is 0 Å². The predicted molar refractivity (Wildman–Crippen MR) is 88.9 cm³/mol. The van der Waals surface area contributed by atoms with Crippen molar-refractivity contribution in [3.63, 3.8) is 0 Å². The summed E-state index contributed by atoms with van der Waals surface area (Å²) in [6.07, 6.45) is 1.71. The summed E-state index contributed by atoms with van der Waals surface area (Å²) in [5.41, 5.74) is -1.52. The Balaban J connectivity index is 1.69. The minimum Gasteiger partial charge on any atom is -0.462 e. The summed E-state index contributed by atoms with van der Waals surface area (Å²) < 4.78 is 20.5. The standard InChI is InChI=1S/C17H27NO8/c1-13-11-16(2)15(20)18(17(13,3)26-25-16)12-14(19)24-10-9-23-8-7-22-6-5-21-4/h11H,5-10,12H2,1-4H3/t16-,17+/m1/s1. The lowest BCUT2D eigenvalue weighted by molar-refractivity contribution is -0.435. The molecule has 0 unspecified atom stereocenters. The number of carbonyl (C=O) groups excluding carboxylic acids is 2. The molecule has 1 saturated heterocycles. The highest BCUT2D eigenvalue weighted by Gasteiger charge is 2.57. The van der Waals surface area contributed by atoms with Gasteiger partial charge in [0, 0.05) is 7.11 Å². The SMILES string of the molecule is COCCOCCOCCOC(=O)CN1C(=O)[C@@]2(C)C=C(C)[C@]1(C)OO2. The summed E-state index contributed by atoms with van der Waals surface area (Å²) in [6.45, 7) is 7.11. The molecule has 0 saturated carbocycles. The van der Waals surface area contributed by atoms with Crippen LogP contribution in [0.1, 0.15) is 20.8 Å². The number of methoxy groups -OCH3 is 1. The van der Waals surface area contributed by atoms with E-state index >= 15 is 0 Å². The van der Waals surface area contributed by atoms with Crippen LogP contribution < -0.4 is 0 Å². The maximum Gasteiger partial charge on any atom is 0.325 e. The summed E-state index contributed by atoms with van der Waals surface area (Å²) >= 11 is 0. The van der Waals surface area contributed by atoms with Crippen LogP contribution in [0.5, 0.6) is 0 Å². The van der Waals surface area contributed by atoms with Crippen LogP contribution in [0.4, 0.5) is 0 Å². The zero-order valence-electron chi connectivity index (χ0n) is 15.7. The molecular weight excluding hydrogens is 346 g/mol. The van der Waals surface area contributed by atoms with E-state index in [1.54, 1.807) is 27.0 Å². The van der Waals surface area contributed by atoms with Gasteiger partial charge < -0.3 is 18.9 Å². The van der Waals surface area contributed by atoms with Gasteiger partial charge in [-0.05, 0) is 32.4 Å². The van der Waals surface area contributed by atoms with Crippen molar-refractivity contribution in [2.75, 3.05) is 53.3 Å². The fourth-order valence-electron chi connectivity index (χ4n) is 2.70. The van der Waals surface area contributed by atoms with Gasteiger partial charge in [0.05, 0.1) is 33.0 Å². The fourth-order valence-corrected chi connectivity index (χ4v) is 2.70. The zero-order valence-corrected chi connectivity index (χ0v) is 15.7. The third kappa shape index (κ3) is 4.60. The average Bonchev–Trinajstić information content (AvgIpc) is 2.60. The lowest BCUT2D eigenvalue weighted by atomic mass is 9.88. The van der Waals surface area contributed by atoms with Crippen LogP contribution in [0.25, 0.3) is 0 Å². The molecule has 0 spiro atoms. The summed E-state index contributed by atoms with van der Waals surface area (Å²) in [5, 5.41) is 0. The van der Waals surface area contributed by atoms with Crippen LogP contribution in [0.2, 0.25) is 0 Å². The zero-order chi connectivity index (χ0) is 19.2. The maximum atomic E-state index is 12.5. The highest BCUT2D eigenvalue weighted by molar-refractivity contribution is 5.92. The Hall–Kier alpha value is -1.52. The summed E-state index contributed by atoms with van der Waals surface area (Å²) in [6, 6.07) is 0. The molecule has 0 aromatic carbocycles. The van der Waals surface area contributed by atoms with Crippen molar-refractivity contribution in [3.8, 4) is 0 Å². The normalized spacial score (nSPS) is 27.6. The molecule has 0 N–H and O–H groups in total. The van der Waals surface area contributed by atoms with E-state index in [1.807, 2.05) is 6.92 Å². The molecule has 148 valence electrons. The molecule has 3 heterocycles. The first-order valence-electron chi connectivity index (χ1n) is 8.52. The highest BCUT2D eigenvalue weighted by Crippen LogP contribution is 2.42. The second-order valence-corrected chi connectivity index (χ2v) is 6.41. The van der Waals surface area contributed by atoms with Crippen molar-refractivity contribution in [2.45, 2.75) is 32.1 Å². The number of carbonyl (C=O) groups is 2. The van der Waals surface area contributed by atoms with Gasteiger partial charge in [-0.25, -0.2) is 9.78 Å². The number of hydrogen-bond acceptors (Lipinski definition) is 8. The summed E-state index contributed by atoms with van der Waals surface area (Å²) in [5.74, 6) is -0.870. The number of ether oxygens (including phenoxy) is 4. The van der Waals surface area contributed by atoms with Crippen molar-refractivity contribution in [1.29, 1.82) is 0 Å². The molecule has 26 heavy (non-hydrogen) atoms. The van der Waals surface area contributed by atoms with Crippen molar-refractivity contribution < 1.29 is 38.3 Å². The quantitative estimate of drug-likeness (QED) is 0.223. The fraction of sp³-hybridized carbons (Fsp3) is 0.765. The van der Waals surface area contributed by atoms with Crippen molar-refractivity contribution in [2.24, 2.45) is 0 Å². The van der Waals surface area contributed by atoms with Gasteiger partial charge in [0.2, 0.25) is 0 Å². The van der Waals surface area contributed by atoms with E-state index in [9.17, 15) is 9.59 Å². The number of rotatable bonds is 11. The topological polar surface area (TPSA) is 92.8 Å². The van der Waals surface area contributed by atoms with Crippen LogP contribution in [-0.4, -0.2) is 81.4 Å². The molecule has 2 bridgehead atoms. The van der Waals surface area contributed by atoms with Gasteiger partial charge in [-0.3, -0.25) is 14.5 Å². The maximum absolute atomic E-state index is 12.5. The van der Waals surface area contributed by atoms with Gasteiger partial charge in [-0.1, -0.05) is 0 Å². The van der Waals surface area contributed by atoms with Gasteiger partial charge in [0.15, 0.2) is 11.3 Å². The third-order valence-electron chi connectivity index (χ3n) is 4.37. The van der Waals surface area contributed by atoms with E-state index in [-0.39, 0.29) is 25.7 Å². The molecule has 9 heteroatoms. The van der Waals surface area contributed by atoms with E-state index in [0.29, 0.717) is 26.4 Å². The van der Waals surface area contributed by atoms with Gasteiger partial charge in [-0.15, -0.1) is 0 Å². The Kier molecular flexibility index (Phi) is 7.13. The second kappa shape index (κ2) is 8.92. The van der Waals surface area contributed by atoms with Gasteiger partial charge >= 0.3 is 5.97 Å². The molecule has 9 nitrogen and oxygen atoms in total. The van der Waals surface area contributed by atoms with Gasteiger partial charge in [0.25, 0.3) is 5.91 Å². The summed E-state index contributed by atoms with van der Waals surface area (Å²) in [4.78, 5) is 36.4. The van der Waals surface area contributed by atoms with E-state index in [4.69, 9.17) is 28.7 Å². The molecular formula is C17H27NO8. The molecule has 2 atom stereocenters. The van der Waals surface area contributed by atoms with E-state index in [2.05, 4.69) is 0 Å². The molecule has 1 amide bonds. The van der Waals surface area contributed by atoms with Crippen LogP contribution in [0.15, 0.2) is 11.6 Å². The number of nitrogens with zero attached hydrogens (tertiary/aromatic N) is 1. The molecule has 0 aliphatic carbocycles. The Morgan fingerprint density at radius 1 is 1.08 bits per heavy atom. The highest BCUT2D eigenvalue weighted by atomic mass is 17.2. The van der Waals surface area contributed by atoms with E-state index in [0.717, 1.165) is 5.57 Å². The first-order chi connectivity index (χ1) is 12.3. The Bertz CT molecular complexity index is 551. The number of fused-ring (bicyclic) bond motifs is 2. The molecule has 0 aromatic heterocycles. The van der Waals surface area contributed by atoms with Crippen molar-refractivity contribution in [1.82, 2.24) is 4.90 Å². The number of hydrogen-bond donors (Lipinski definition) is 0. The molecule has 1 fully saturated rings. The van der Waals surface area contributed by atoms with Crippen molar-refractivity contribution in [3.05, 3.63) is 11.6 Å². The van der Waals surface area contributed by atoms with Gasteiger partial charge in [-0.2, -0.15) is 0 Å².